The van der Waals surface area contributed by atoms with E-state index >= 15 is 0 Å². The van der Waals surface area contributed by atoms with Gasteiger partial charge in [0.05, 0.1) is 15.2 Å². The van der Waals surface area contributed by atoms with Gasteiger partial charge in [-0.2, -0.15) is 0 Å². The zero-order valence-corrected chi connectivity index (χ0v) is 16.8. The van der Waals surface area contributed by atoms with Crippen molar-refractivity contribution >= 4 is 33.1 Å². The molecule has 0 aliphatic heterocycles. The van der Waals surface area contributed by atoms with Gasteiger partial charge >= 0.3 is 0 Å². The van der Waals surface area contributed by atoms with Crippen molar-refractivity contribution in [2.45, 2.75) is 46.0 Å². The van der Waals surface area contributed by atoms with Gasteiger partial charge in [0.25, 0.3) is 5.91 Å². The number of amides is 1. The van der Waals surface area contributed by atoms with E-state index in [1.54, 1.807) is 11.3 Å². The van der Waals surface area contributed by atoms with E-state index in [4.69, 9.17) is 4.74 Å². The lowest BCUT2D eigenvalue weighted by molar-refractivity contribution is -0.118. The Labute approximate surface area is 164 Å². The van der Waals surface area contributed by atoms with Crippen LogP contribution in [0, 0.1) is 6.92 Å². The van der Waals surface area contributed by atoms with Crippen molar-refractivity contribution in [3.8, 4) is 5.75 Å². The van der Waals surface area contributed by atoms with Crippen LogP contribution in [0.5, 0.6) is 5.75 Å². The highest BCUT2D eigenvalue weighted by atomic mass is 32.1. The molecule has 4 nitrogen and oxygen atoms in total. The van der Waals surface area contributed by atoms with Crippen LogP contribution in [0.1, 0.15) is 43.2 Å². The predicted octanol–water partition coefficient (Wildman–Crippen LogP) is 5.75. The van der Waals surface area contributed by atoms with Gasteiger partial charge in [0.2, 0.25) is 0 Å². The van der Waals surface area contributed by atoms with Crippen LogP contribution in [0.4, 0.5) is 5.69 Å². The molecule has 5 heteroatoms. The summed E-state index contributed by atoms with van der Waals surface area (Å²) < 4.78 is 6.73. The third-order valence-electron chi connectivity index (χ3n) is 4.39. The van der Waals surface area contributed by atoms with E-state index < -0.39 is 0 Å². The molecule has 3 aromatic rings. The summed E-state index contributed by atoms with van der Waals surface area (Å²) >= 11 is 1.65. The van der Waals surface area contributed by atoms with Gasteiger partial charge in [-0.3, -0.25) is 4.79 Å². The molecule has 0 unspecified atom stereocenters. The molecule has 1 amide bonds. The van der Waals surface area contributed by atoms with Crippen LogP contribution < -0.4 is 10.1 Å². The fourth-order valence-corrected chi connectivity index (χ4v) is 3.78. The lowest BCUT2D eigenvalue weighted by atomic mass is 10.1. The molecular formula is C22H26N2O2S. The number of fused-ring (bicyclic) bond motifs is 1. The van der Waals surface area contributed by atoms with Crippen LogP contribution in [0.25, 0.3) is 10.2 Å². The molecule has 0 atom stereocenters. The molecular weight excluding hydrogens is 356 g/mol. The number of benzene rings is 2. The van der Waals surface area contributed by atoms with Crippen molar-refractivity contribution in [1.82, 2.24) is 4.98 Å². The molecule has 3 rings (SSSR count). The van der Waals surface area contributed by atoms with Crippen LogP contribution in [-0.2, 0) is 11.2 Å². The van der Waals surface area contributed by atoms with Crippen molar-refractivity contribution in [3.63, 3.8) is 0 Å². The zero-order chi connectivity index (χ0) is 19.1. The number of nitrogens with one attached hydrogen (secondary N) is 1. The lowest BCUT2D eigenvalue weighted by Crippen LogP contribution is -2.20. The average molecular weight is 383 g/mol. The lowest BCUT2D eigenvalue weighted by Gasteiger charge is -2.08. The Bertz CT molecular complexity index is 887. The summed E-state index contributed by atoms with van der Waals surface area (Å²) in [6.07, 6.45) is 6.14. The topological polar surface area (TPSA) is 51.2 Å². The minimum atomic E-state index is -0.166. The molecule has 0 aliphatic rings. The molecule has 1 aromatic heterocycles. The second kappa shape index (κ2) is 9.51. The standard InChI is InChI=1S/C22H26N2O2S/c1-3-4-5-6-7-17-8-10-18(11-9-17)24-22(25)15-26-19-12-13-21-20(14-19)23-16(2)27-21/h8-14H,3-7,15H2,1-2H3,(H,24,25). The summed E-state index contributed by atoms with van der Waals surface area (Å²) in [4.78, 5) is 16.6. The first-order valence-corrected chi connectivity index (χ1v) is 10.3. The van der Waals surface area contributed by atoms with Crippen LogP contribution in [0.15, 0.2) is 42.5 Å². The summed E-state index contributed by atoms with van der Waals surface area (Å²) in [6, 6.07) is 13.8. The van der Waals surface area contributed by atoms with Crippen LogP contribution in [-0.4, -0.2) is 17.5 Å². The number of nitrogens with zero attached hydrogens (tertiary/aromatic N) is 1. The summed E-state index contributed by atoms with van der Waals surface area (Å²) in [5.41, 5.74) is 3.02. The molecule has 0 spiro atoms. The molecule has 1 N–H and O–H groups in total. The van der Waals surface area contributed by atoms with Crippen LogP contribution in [0.2, 0.25) is 0 Å². The summed E-state index contributed by atoms with van der Waals surface area (Å²) in [7, 11) is 0. The molecule has 0 radical (unpaired) electrons. The number of anilines is 1. The molecule has 0 bridgehead atoms. The maximum Gasteiger partial charge on any atom is 0.262 e. The van der Waals surface area contributed by atoms with Crippen molar-refractivity contribution in [3.05, 3.63) is 53.0 Å². The maximum atomic E-state index is 12.1. The SMILES string of the molecule is CCCCCCc1ccc(NC(=O)COc2ccc3sc(C)nc3c2)cc1. The number of aromatic nitrogens is 1. The average Bonchev–Trinajstić information content (AvgIpc) is 3.04. The first-order valence-electron chi connectivity index (χ1n) is 9.53. The number of thiazole rings is 1. The van der Waals surface area contributed by atoms with Crippen molar-refractivity contribution in [2.24, 2.45) is 0 Å². The van der Waals surface area contributed by atoms with Gasteiger partial charge in [-0.15, -0.1) is 11.3 Å². The summed E-state index contributed by atoms with van der Waals surface area (Å²) in [5.74, 6) is 0.491. The van der Waals surface area contributed by atoms with Crippen molar-refractivity contribution < 1.29 is 9.53 Å². The van der Waals surface area contributed by atoms with E-state index in [-0.39, 0.29) is 12.5 Å². The van der Waals surface area contributed by atoms with E-state index in [1.807, 2.05) is 37.3 Å². The second-order valence-electron chi connectivity index (χ2n) is 6.71. The van der Waals surface area contributed by atoms with Crippen LogP contribution in [0.3, 0.4) is 0 Å². The van der Waals surface area contributed by atoms with Gasteiger partial charge in [-0.1, -0.05) is 38.3 Å². The number of aryl methyl sites for hydroxylation is 2. The number of carbonyl (C=O) groups excluding carboxylic acids is 1. The molecule has 0 aliphatic carbocycles. The number of hydrogen-bond donors (Lipinski definition) is 1. The first-order chi connectivity index (χ1) is 13.1. The first kappa shape index (κ1) is 19.4. The second-order valence-corrected chi connectivity index (χ2v) is 7.94. The third-order valence-corrected chi connectivity index (χ3v) is 5.34. The predicted molar refractivity (Wildman–Crippen MR) is 113 cm³/mol. The highest BCUT2D eigenvalue weighted by molar-refractivity contribution is 7.18. The molecule has 2 aromatic carbocycles. The van der Waals surface area contributed by atoms with Gasteiger partial charge < -0.3 is 10.1 Å². The Kier molecular flexibility index (Phi) is 6.82. The van der Waals surface area contributed by atoms with E-state index in [2.05, 4.69) is 29.4 Å². The molecule has 27 heavy (non-hydrogen) atoms. The number of ether oxygens (including phenoxy) is 1. The summed E-state index contributed by atoms with van der Waals surface area (Å²) in [5, 5.41) is 3.90. The highest BCUT2D eigenvalue weighted by Crippen LogP contribution is 2.25. The quantitative estimate of drug-likeness (QED) is 0.480. The number of hydrogen-bond acceptors (Lipinski definition) is 4. The molecule has 0 saturated carbocycles. The summed E-state index contributed by atoms with van der Waals surface area (Å²) in [6.45, 7) is 4.18. The number of carbonyl (C=O) groups is 1. The monoisotopic (exact) mass is 382 g/mol. The zero-order valence-electron chi connectivity index (χ0n) is 16.0. The minimum absolute atomic E-state index is 0.0204. The fraction of sp³-hybridized carbons (Fsp3) is 0.364. The van der Waals surface area contributed by atoms with Gasteiger partial charge in [0.1, 0.15) is 5.75 Å². The van der Waals surface area contributed by atoms with E-state index in [0.29, 0.717) is 5.75 Å². The normalized spacial score (nSPS) is 10.9. The Hall–Kier alpha value is -2.40. The Morgan fingerprint density at radius 3 is 2.70 bits per heavy atom. The van der Waals surface area contributed by atoms with E-state index in [0.717, 1.165) is 27.3 Å². The van der Waals surface area contributed by atoms with Gasteiger partial charge in [-0.05, 0) is 49.6 Å². The smallest absolute Gasteiger partial charge is 0.262 e. The van der Waals surface area contributed by atoms with Crippen molar-refractivity contribution in [1.29, 1.82) is 0 Å². The Morgan fingerprint density at radius 1 is 1.11 bits per heavy atom. The van der Waals surface area contributed by atoms with Gasteiger partial charge in [-0.25, -0.2) is 4.98 Å². The highest BCUT2D eigenvalue weighted by Gasteiger charge is 2.06. The van der Waals surface area contributed by atoms with E-state index in [9.17, 15) is 4.79 Å². The van der Waals surface area contributed by atoms with Crippen molar-refractivity contribution in [2.75, 3.05) is 11.9 Å². The molecule has 142 valence electrons. The van der Waals surface area contributed by atoms with Gasteiger partial charge in [0.15, 0.2) is 6.61 Å². The largest absolute Gasteiger partial charge is 0.484 e. The fourth-order valence-electron chi connectivity index (χ4n) is 2.97. The Balaban J connectivity index is 1.46. The van der Waals surface area contributed by atoms with Crippen LogP contribution >= 0.6 is 11.3 Å². The minimum Gasteiger partial charge on any atom is -0.484 e. The van der Waals surface area contributed by atoms with Gasteiger partial charge in [0, 0.05) is 11.8 Å². The number of unbranched alkanes of at least 4 members (excludes halogenated alkanes) is 3. The molecule has 1 heterocycles. The third kappa shape index (κ3) is 5.79. The molecule has 0 saturated heterocycles. The number of rotatable bonds is 9. The maximum absolute atomic E-state index is 12.1. The molecule has 0 fully saturated rings. The van der Waals surface area contributed by atoms with E-state index in [1.165, 1.54) is 31.2 Å². The Morgan fingerprint density at radius 2 is 1.93 bits per heavy atom.